The van der Waals surface area contributed by atoms with Crippen LogP contribution in [0.5, 0.6) is 11.5 Å². The van der Waals surface area contributed by atoms with E-state index in [-0.39, 0.29) is 40.4 Å². The van der Waals surface area contributed by atoms with Crippen LogP contribution in [0.25, 0.3) is 22.3 Å². The molecule has 37 heavy (non-hydrogen) atoms. The van der Waals surface area contributed by atoms with Gasteiger partial charge in [-0.3, -0.25) is 4.79 Å². The number of rotatable bonds is 8. The first kappa shape index (κ1) is 25.9. The van der Waals surface area contributed by atoms with Crippen molar-refractivity contribution in [2.45, 2.75) is 26.4 Å². The monoisotopic (exact) mass is 512 g/mol. The molecular weight excluding hydrogens is 491 g/mol. The second-order valence-corrected chi connectivity index (χ2v) is 8.17. The zero-order valence-electron chi connectivity index (χ0n) is 19.6. The first-order valence-electron chi connectivity index (χ1n) is 11.2. The zero-order chi connectivity index (χ0) is 26.5. The Balaban J connectivity index is 1.71. The third kappa shape index (κ3) is 6.14. The van der Waals surface area contributed by atoms with Crippen molar-refractivity contribution in [3.63, 3.8) is 0 Å². The highest BCUT2D eigenvalue weighted by atomic mass is 19.3. The second kappa shape index (κ2) is 11.2. The Kier molecular flexibility index (Phi) is 7.86. The lowest BCUT2D eigenvalue weighted by Gasteiger charge is -2.17. The summed E-state index contributed by atoms with van der Waals surface area (Å²) in [6.45, 7) is 1.31. The van der Waals surface area contributed by atoms with Crippen molar-refractivity contribution < 1.29 is 36.2 Å². The maximum Gasteiger partial charge on any atom is 0.308 e. The van der Waals surface area contributed by atoms with Gasteiger partial charge >= 0.3 is 5.97 Å². The molecule has 190 valence electrons. The van der Waals surface area contributed by atoms with Gasteiger partial charge in [-0.1, -0.05) is 48.5 Å². The Labute approximate surface area is 210 Å². The van der Waals surface area contributed by atoms with Crippen LogP contribution < -0.4 is 9.47 Å². The van der Waals surface area contributed by atoms with Gasteiger partial charge in [-0.2, -0.15) is 0 Å². The number of esters is 1. The van der Waals surface area contributed by atoms with E-state index in [0.717, 1.165) is 23.8 Å². The summed E-state index contributed by atoms with van der Waals surface area (Å²) >= 11 is 0. The molecule has 4 aromatic carbocycles. The Bertz CT molecular complexity index is 1390. The summed E-state index contributed by atoms with van der Waals surface area (Å²) in [5.74, 6) is -1.28. The van der Waals surface area contributed by atoms with Crippen LogP contribution in [0.4, 0.5) is 22.0 Å². The largest absolute Gasteiger partial charge is 0.486 e. The maximum atomic E-state index is 14.8. The summed E-state index contributed by atoms with van der Waals surface area (Å²) in [7, 11) is 0. The molecule has 0 spiro atoms. The van der Waals surface area contributed by atoms with Crippen molar-refractivity contribution in [3.05, 3.63) is 107 Å². The molecule has 4 aromatic rings. The Morgan fingerprint density at radius 1 is 0.757 bits per heavy atom. The van der Waals surface area contributed by atoms with Gasteiger partial charge in [0.05, 0.1) is 0 Å². The highest BCUT2D eigenvalue weighted by Gasteiger charge is 2.23. The van der Waals surface area contributed by atoms with Crippen LogP contribution >= 0.6 is 0 Å². The van der Waals surface area contributed by atoms with Gasteiger partial charge in [0.25, 0.3) is 12.9 Å². The van der Waals surface area contributed by atoms with Gasteiger partial charge in [-0.15, -0.1) is 0 Å². The van der Waals surface area contributed by atoms with Crippen molar-refractivity contribution in [2.24, 2.45) is 0 Å². The second-order valence-electron chi connectivity index (χ2n) is 8.17. The fraction of sp³-hybridized carbons (Fsp3) is 0.138. The molecule has 0 fully saturated rings. The molecule has 3 nitrogen and oxygen atoms in total. The number of hydrogen-bond acceptors (Lipinski definition) is 3. The molecule has 0 unspecified atom stereocenters. The third-order valence-electron chi connectivity index (χ3n) is 5.60. The molecule has 0 heterocycles. The highest BCUT2D eigenvalue weighted by Crippen LogP contribution is 2.41. The number of benzene rings is 4. The quantitative estimate of drug-likeness (QED) is 0.135. The molecule has 0 aliphatic heterocycles. The van der Waals surface area contributed by atoms with E-state index in [1.165, 1.54) is 43.3 Å². The van der Waals surface area contributed by atoms with Gasteiger partial charge < -0.3 is 9.47 Å². The third-order valence-corrected chi connectivity index (χ3v) is 5.60. The molecule has 0 N–H and O–H groups in total. The van der Waals surface area contributed by atoms with Crippen LogP contribution in [0, 0.1) is 5.82 Å². The molecule has 0 atom stereocenters. The lowest BCUT2D eigenvalue weighted by atomic mass is 9.90. The summed E-state index contributed by atoms with van der Waals surface area (Å²) in [4.78, 5) is 11.1. The fourth-order valence-electron chi connectivity index (χ4n) is 3.88. The first-order valence-corrected chi connectivity index (χ1v) is 11.2. The maximum absolute atomic E-state index is 14.8. The van der Waals surface area contributed by atoms with Gasteiger partial charge in [-0.25, -0.2) is 22.0 Å². The van der Waals surface area contributed by atoms with Gasteiger partial charge in [0, 0.05) is 18.1 Å². The standard InChI is InChI=1S/C29H21F5O3/c1-17(35)37-21-10-7-19(8-11-21)22-14-25(29(33)34)23(15-24(22)28(31)32)20-9-12-27(26(30)13-20)36-16-18-5-3-2-4-6-18/h2-15,28-29H,16H2,1H3. The highest BCUT2D eigenvalue weighted by molar-refractivity contribution is 5.78. The molecule has 8 heteroatoms. The molecule has 0 aromatic heterocycles. The van der Waals surface area contributed by atoms with Crippen molar-refractivity contribution in [1.82, 2.24) is 0 Å². The van der Waals surface area contributed by atoms with E-state index in [4.69, 9.17) is 9.47 Å². The molecule has 0 saturated heterocycles. The molecule has 4 rings (SSSR count). The number of hydrogen-bond donors (Lipinski definition) is 0. The van der Waals surface area contributed by atoms with E-state index >= 15 is 0 Å². The Hall–Kier alpha value is -4.20. The lowest BCUT2D eigenvalue weighted by molar-refractivity contribution is -0.131. The minimum Gasteiger partial charge on any atom is -0.486 e. The van der Waals surface area contributed by atoms with Crippen molar-refractivity contribution in [1.29, 1.82) is 0 Å². The van der Waals surface area contributed by atoms with Crippen molar-refractivity contribution in [2.75, 3.05) is 0 Å². The minimum absolute atomic E-state index is 0.0125. The Morgan fingerprint density at radius 3 is 1.86 bits per heavy atom. The normalized spacial score (nSPS) is 11.1. The van der Waals surface area contributed by atoms with Crippen LogP contribution in [0.1, 0.15) is 36.5 Å². The van der Waals surface area contributed by atoms with Crippen LogP contribution in [-0.2, 0) is 11.4 Å². The zero-order valence-corrected chi connectivity index (χ0v) is 19.6. The topological polar surface area (TPSA) is 35.5 Å². The Morgan fingerprint density at radius 2 is 1.32 bits per heavy atom. The van der Waals surface area contributed by atoms with E-state index in [1.54, 1.807) is 12.1 Å². The molecule has 0 aliphatic rings. The molecular formula is C29H21F5O3. The molecule has 0 bridgehead atoms. The summed E-state index contributed by atoms with van der Waals surface area (Å²) < 4.78 is 81.5. The first-order chi connectivity index (χ1) is 17.7. The number of alkyl halides is 4. The fourth-order valence-corrected chi connectivity index (χ4v) is 3.88. The smallest absolute Gasteiger partial charge is 0.308 e. The predicted molar refractivity (Wildman–Crippen MR) is 129 cm³/mol. The summed E-state index contributed by atoms with van der Waals surface area (Å²) in [5.41, 5.74) is -0.283. The average molecular weight is 512 g/mol. The van der Waals surface area contributed by atoms with Gasteiger partial charge in [0.2, 0.25) is 0 Å². The van der Waals surface area contributed by atoms with Crippen LogP contribution in [-0.4, -0.2) is 5.97 Å². The number of carbonyl (C=O) groups excluding carboxylic acids is 1. The lowest BCUT2D eigenvalue weighted by Crippen LogP contribution is -2.01. The average Bonchev–Trinajstić information content (AvgIpc) is 2.88. The van der Waals surface area contributed by atoms with E-state index in [2.05, 4.69) is 0 Å². The van der Waals surface area contributed by atoms with Crippen LogP contribution in [0.2, 0.25) is 0 Å². The summed E-state index contributed by atoms with van der Waals surface area (Å²) in [6, 6.07) is 20.2. The SMILES string of the molecule is CC(=O)Oc1ccc(-c2cc(C(F)F)c(-c3ccc(OCc4ccccc4)c(F)c3)cc2C(F)F)cc1. The van der Waals surface area contributed by atoms with E-state index in [9.17, 15) is 26.7 Å². The van der Waals surface area contributed by atoms with E-state index in [1.807, 2.05) is 18.2 Å². The summed E-state index contributed by atoms with van der Waals surface area (Å²) in [6.07, 6.45) is -6.01. The number of halogens is 5. The van der Waals surface area contributed by atoms with Crippen LogP contribution in [0.15, 0.2) is 84.9 Å². The van der Waals surface area contributed by atoms with Gasteiger partial charge in [0.15, 0.2) is 11.6 Å². The molecule has 0 amide bonds. The summed E-state index contributed by atoms with van der Waals surface area (Å²) in [5, 5.41) is 0. The predicted octanol–water partition coefficient (Wildman–Crippen LogP) is 8.54. The molecule has 0 aliphatic carbocycles. The van der Waals surface area contributed by atoms with Crippen molar-refractivity contribution >= 4 is 5.97 Å². The number of carbonyl (C=O) groups is 1. The minimum atomic E-state index is -3.02. The van der Waals surface area contributed by atoms with Gasteiger partial charge in [-0.05, 0) is 64.2 Å². The van der Waals surface area contributed by atoms with E-state index < -0.39 is 35.8 Å². The van der Waals surface area contributed by atoms with E-state index in [0.29, 0.717) is 0 Å². The molecule has 0 radical (unpaired) electrons. The molecule has 0 saturated carbocycles. The van der Waals surface area contributed by atoms with Gasteiger partial charge in [0.1, 0.15) is 12.4 Å². The van der Waals surface area contributed by atoms with Crippen molar-refractivity contribution in [3.8, 4) is 33.8 Å². The number of ether oxygens (including phenoxy) is 2. The van der Waals surface area contributed by atoms with Crippen LogP contribution in [0.3, 0.4) is 0 Å².